The molecular formula is C10H14INO2. The standard InChI is InChI=1S/C10H14INO2/c1-3-4-5-14-9-6-10(13-2)12-7-8(9)11/h6-7H,3-5H2,1-2H3. The van der Waals surface area contributed by atoms with Gasteiger partial charge in [-0.25, -0.2) is 4.98 Å². The van der Waals surface area contributed by atoms with Crippen molar-refractivity contribution < 1.29 is 9.47 Å². The van der Waals surface area contributed by atoms with Crippen molar-refractivity contribution in [2.45, 2.75) is 19.8 Å². The van der Waals surface area contributed by atoms with Gasteiger partial charge in [-0.15, -0.1) is 0 Å². The van der Waals surface area contributed by atoms with Gasteiger partial charge in [-0.05, 0) is 29.0 Å². The smallest absolute Gasteiger partial charge is 0.216 e. The molecule has 14 heavy (non-hydrogen) atoms. The molecule has 0 aliphatic carbocycles. The number of nitrogens with zero attached hydrogens (tertiary/aromatic N) is 1. The van der Waals surface area contributed by atoms with Crippen molar-refractivity contribution in [3.63, 3.8) is 0 Å². The maximum atomic E-state index is 5.59. The highest BCUT2D eigenvalue weighted by molar-refractivity contribution is 14.1. The van der Waals surface area contributed by atoms with Crippen molar-refractivity contribution in [1.29, 1.82) is 0 Å². The van der Waals surface area contributed by atoms with Gasteiger partial charge >= 0.3 is 0 Å². The number of halogens is 1. The number of methoxy groups -OCH3 is 1. The fraction of sp³-hybridized carbons (Fsp3) is 0.500. The highest BCUT2D eigenvalue weighted by Gasteiger charge is 2.03. The van der Waals surface area contributed by atoms with Crippen LogP contribution in [0.5, 0.6) is 11.6 Å². The first-order valence-corrected chi connectivity index (χ1v) is 5.68. The van der Waals surface area contributed by atoms with Crippen LogP contribution in [0.1, 0.15) is 19.8 Å². The molecule has 0 fully saturated rings. The third kappa shape index (κ3) is 3.32. The van der Waals surface area contributed by atoms with E-state index in [1.165, 1.54) is 0 Å². The Morgan fingerprint density at radius 2 is 2.29 bits per heavy atom. The molecule has 1 rings (SSSR count). The molecule has 0 aliphatic rings. The van der Waals surface area contributed by atoms with E-state index in [9.17, 15) is 0 Å². The highest BCUT2D eigenvalue weighted by Crippen LogP contribution is 2.23. The molecule has 0 bridgehead atoms. The Morgan fingerprint density at radius 1 is 1.50 bits per heavy atom. The van der Waals surface area contributed by atoms with Crippen LogP contribution in [0.25, 0.3) is 0 Å². The lowest BCUT2D eigenvalue weighted by molar-refractivity contribution is 0.303. The van der Waals surface area contributed by atoms with Crippen LogP contribution in [0.3, 0.4) is 0 Å². The molecule has 0 atom stereocenters. The molecule has 0 aromatic carbocycles. The predicted molar refractivity (Wildman–Crippen MR) is 63.9 cm³/mol. The van der Waals surface area contributed by atoms with Gasteiger partial charge in [-0.3, -0.25) is 0 Å². The monoisotopic (exact) mass is 307 g/mol. The van der Waals surface area contributed by atoms with Gasteiger partial charge in [0.1, 0.15) is 5.75 Å². The van der Waals surface area contributed by atoms with Crippen LogP contribution < -0.4 is 9.47 Å². The molecule has 1 aromatic heterocycles. The zero-order chi connectivity index (χ0) is 10.4. The van der Waals surface area contributed by atoms with Gasteiger partial charge in [0.05, 0.1) is 17.3 Å². The van der Waals surface area contributed by atoms with Crippen LogP contribution >= 0.6 is 22.6 Å². The zero-order valence-electron chi connectivity index (χ0n) is 8.42. The molecule has 0 radical (unpaired) electrons. The predicted octanol–water partition coefficient (Wildman–Crippen LogP) is 2.87. The summed E-state index contributed by atoms with van der Waals surface area (Å²) >= 11 is 2.20. The van der Waals surface area contributed by atoms with Crippen molar-refractivity contribution >= 4 is 22.6 Å². The van der Waals surface area contributed by atoms with Gasteiger partial charge in [0.25, 0.3) is 0 Å². The number of pyridine rings is 1. The van der Waals surface area contributed by atoms with Crippen molar-refractivity contribution in [2.24, 2.45) is 0 Å². The molecule has 0 saturated carbocycles. The summed E-state index contributed by atoms with van der Waals surface area (Å²) in [5.74, 6) is 1.45. The van der Waals surface area contributed by atoms with E-state index in [-0.39, 0.29) is 0 Å². The van der Waals surface area contributed by atoms with Crippen molar-refractivity contribution in [3.8, 4) is 11.6 Å². The second-order valence-electron chi connectivity index (χ2n) is 2.86. The minimum Gasteiger partial charge on any atom is -0.492 e. The number of rotatable bonds is 5. The summed E-state index contributed by atoms with van der Waals surface area (Å²) in [7, 11) is 1.60. The fourth-order valence-electron chi connectivity index (χ4n) is 0.951. The van der Waals surface area contributed by atoms with Gasteiger partial charge in [0.15, 0.2) is 0 Å². The van der Waals surface area contributed by atoms with Crippen LogP contribution in [0.4, 0.5) is 0 Å². The van der Waals surface area contributed by atoms with Crippen LogP contribution in [0.15, 0.2) is 12.3 Å². The fourth-order valence-corrected chi connectivity index (χ4v) is 1.40. The average molecular weight is 307 g/mol. The number of aromatic nitrogens is 1. The second-order valence-corrected chi connectivity index (χ2v) is 4.02. The first-order chi connectivity index (χ1) is 6.77. The van der Waals surface area contributed by atoms with Crippen LogP contribution in [-0.4, -0.2) is 18.7 Å². The number of hydrogen-bond acceptors (Lipinski definition) is 3. The summed E-state index contributed by atoms with van der Waals surface area (Å²) < 4.78 is 11.6. The van der Waals surface area contributed by atoms with E-state index in [0.29, 0.717) is 5.88 Å². The average Bonchev–Trinajstić information content (AvgIpc) is 2.21. The lowest BCUT2D eigenvalue weighted by Gasteiger charge is -2.08. The maximum absolute atomic E-state index is 5.59. The first-order valence-electron chi connectivity index (χ1n) is 4.60. The lowest BCUT2D eigenvalue weighted by Crippen LogP contribution is -1.99. The van der Waals surface area contributed by atoms with E-state index in [4.69, 9.17) is 9.47 Å². The van der Waals surface area contributed by atoms with E-state index in [0.717, 1.165) is 28.8 Å². The molecule has 0 N–H and O–H groups in total. The zero-order valence-corrected chi connectivity index (χ0v) is 10.6. The number of ether oxygens (including phenoxy) is 2. The normalized spacial score (nSPS) is 9.93. The molecule has 78 valence electrons. The van der Waals surface area contributed by atoms with Gasteiger partial charge < -0.3 is 9.47 Å². The van der Waals surface area contributed by atoms with Gasteiger partial charge in [-0.1, -0.05) is 13.3 Å². The molecule has 1 aromatic rings. The molecule has 1 heterocycles. The Labute approximate surface area is 98.0 Å². The molecule has 0 aliphatic heterocycles. The summed E-state index contributed by atoms with van der Waals surface area (Å²) in [5, 5.41) is 0. The van der Waals surface area contributed by atoms with E-state index < -0.39 is 0 Å². The topological polar surface area (TPSA) is 31.4 Å². The van der Waals surface area contributed by atoms with E-state index in [2.05, 4.69) is 34.5 Å². The Hall–Kier alpha value is -0.520. The molecule has 3 nitrogen and oxygen atoms in total. The highest BCUT2D eigenvalue weighted by atomic mass is 127. The van der Waals surface area contributed by atoms with Crippen LogP contribution in [0.2, 0.25) is 0 Å². The Morgan fingerprint density at radius 3 is 2.93 bits per heavy atom. The maximum Gasteiger partial charge on any atom is 0.216 e. The largest absolute Gasteiger partial charge is 0.492 e. The third-order valence-corrected chi connectivity index (χ3v) is 2.57. The molecular weight excluding hydrogens is 293 g/mol. The minimum atomic E-state index is 0.594. The molecule has 0 amide bonds. The Kier molecular flexibility index (Phi) is 5.00. The van der Waals surface area contributed by atoms with E-state index in [1.807, 2.05) is 6.07 Å². The van der Waals surface area contributed by atoms with Crippen molar-refractivity contribution in [2.75, 3.05) is 13.7 Å². The van der Waals surface area contributed by atoms with E-state index >= 15 is 0 Å². The van der Waals surface area contributed by atoms with E-state index in [1.54, 1.807) is 13.3 Å². The third-order valence-electron chi connectivity index (χ3n) is 1.76. The Balaban J connectivity index is 2.64. The van der Waals surface area contributed by atoms with Crippen molar-refractivity contribution in [1.82, 2.24) is 4.98 Å². The summed E-state index contributed by atoms with van der Waals surface area (Å²) in [6.07, 6.45) is 3.96. The first kappa shape index (κ1) is 11.6. The molecule has 0 spiro atoms. The molecule has 0 unspecified atom stereocenters. The quantitative estimate of drug-likeness (QED) is 0.619. The van der Waals surface area contributed by atoms with Gasteiger partial charge in [0.2, 0.25) is 5.88 Å². The second kappa shape index (κ2) is 6.06. The van der Waals surface area contributed by atoms with Crippen LogP contribution in [-0.2, 0) is 0 Å². The summed E-state index contributed by atoms with van der Waals surface area (Å²) in [4.78, 5) is 4.08. The summed E-state index contributed by atoms with van der Waals surface area (Å²) in [6.45, 7) is 2.89. The lowest BCUT2D eigenvalue weighted by atomic mass is 10.3. The SMILES string of the molecule is CCCCOc1cc(OC)ncc1I. The van der Waals surface area contributed by atoms with Crippen molar-refractivity contribution in [3.05, 3.63) is 15.8 Å². The molecule has 0 saturated heterocycles. The summed E-state index contributed by atoms with van der Waals surface area (Å²) in [6, 6.07) is 1.82. The van der Waals surface area contributed by atoms with Gasteiger partial charge in [0, 0.05) is 12.3 Å². The Bertz CT molecular complexity index is 291. The molecule has 4 heteroatoms. The number of unbranched alkanes of at least 4 members (excludes halogenated alkanes) is 1. The minimum absolute atomic E-state index is 0.594. The van der Waals surface area contributed by atoms with Gasteiger partial charge in [-0.2, -0.15) is 0 Å². The summed E-state index contributed by atoms with van der Waals surface area (Å²) in [5.41, 5.74) is 0. The van der Waals surface area contributed by atoms with Crippen LogP contribution in [0, 0.1) is 3.57 Å². The number of hydrogen-bond donors (Lipinski definition) is 0.